The molecule has 108 valence electrons. The zero-order valence-electron chi connectivity index (χ0n) is 11.5. The summed E-state index contributed by atoms with van der Waals surface area (Å²) in [6.07, 6.45) is 0. The topological polar surface area (TPSA) is 72.9 Å². The molecule has 2 N–H and O–H groups in total. The summed E-state index contributed by atoms with van der Waals surface area (Å²) < 4.78 is 0. The van der Waals surface area contributed by atoms with E-state index in [4.69, 9.17) is 5.11 Å². The Morgan fingerprint density at radius 3 is 2.40 bits per heavy atom. The second-order valence-electron chi connectivity index (χ2n) is 4.83. The number of carbonyl (C=O) groups excluding carboxylic acids is 1. The van der Waals surface area contributed by atoms with Crippen molar-refractivity contribution in [3.63, 3.8) is 0 Å². The van der Waals surface area contributed by atoms with Crippen molar-refractivity contribution < 1.29 is 14.7 Å². The van der Waals surface area contributed by atoms with Crippen molar-refractivity contribution in [2.75, 3.05) is 44.7 Å². The summed E-state index contributed by atoms with van der Waals surface area (Å²) in [5.74, 6) is -0.957. The fourth-order valence-electron chi connectivity index (χ4n) is 2.14. The molecule has 0 bridgehead atoms. The Morgan fingerprint density at radius 1 is 1.25 bits per heavy atom. The zero-order chi connectivity index (χ0) is 14.5. The minimum atomic E-state index is -0.966. The molecule has 1 aromatic rings. The van der Waals surface area contributed by atoms with E-state index in [1.54, 1.807) is 24.1 Å². The average Bonchev–Trinajstić information content (AvgIpc) is 2.47. The summed E-state index contributed by atoms with van der Waals surface area (Å²) in [6, 6.07) is 6.32. The van der Waals surface area contributed by atoms with Crippen molar-refractivity contribution in [1.82, 2.24) is 10.2 Å². The Kier molecular flexibility index (Phi) is 4.70. The smallest absolute Gasteiger partial charge is 0.335 e. The number of hydrogen-bond acceptors (Lipinski definition) is 4. The lowest BCUT2D eigenvalue weighted by Crippen LogP contribution is -2.47. The van der Waals surface area contributed by atoms with Crippen LogP contribution in [-0.2, 0) is 4.79 Å². The molecule has 1 aromatic carbocycles. The normalized spacial score (nSPS) is 15.8. The highest BCUT2D eigenvalue weighted by Crippen LogP contribution is 2.14. The molecule has 0 atom stereocenters. The van der Waals surface area contributed by atoms with Gasteiger partial charge in [0.1, 0.15) is 0 Å². The minimum absolute atomic E-state index is 0.00924. The van der Waals surface area contributed by atoms with Crippen LogP contribution in [-0.4, -0.2) is 61.7 Å². The van der Waals surface area contributed by atoms with Gasteiger partial charge in [-0.05, 0) is 24.3 Å². The second-order valence-corrected chi connectivity index (χ2v) is 4.83. The van der Waals surface area contributed by atoms with Crippen LogP contribution in [0.3, 0.4) is 0 Å². The molecule has 20 heavy (non-hydrogen) atoms. The number of piperazine rings is 1. The van der Waals surface area contributed by atoms with E-state index in [-0.39, 0.29) is 11.5 Å². The number of carboxylic acids is 1. The first-order chi connectivity index (χ1) is 9.58. The molecule has 0 aliphatic carbocycles. The highest BCUT2D eigenvalue weighted by Gasteiger charge is 2.17. The largest absolute Gasteiger partial charge is 0.478 e. The van der Waals surface area contributed by atoms with Crippen LogP contribution in [0.4, 0.5) is 5.69 Å². The van der Waals surface area contributed by atoms with Gasteiger partial charge in [-0.1, -0.05) is 0 Å². The molecule has 6 nitrogen and oxygen atoms in total. The van der Waals surface area contributed by atoms with Crippen molar-refractivity contribution in [3.05, 3.63) is 29.8 Å². The lowest BCUT2D eigenvalue weighted by atomic mass is 10.2. The van der Waals surface area contributed by atoms with Crippen LogP contribution >= 0.6 is 0 Å². The van der Waals surface area contributed by atoms with Gasteiger partial charge in [-0.25, -0.2) is 4.79 Å². The molecule has 1 amide bonds. The quantitative estimate of drug-likeness (QED) is 0.825. The van der Waals surface area contributed by atoms with E-state index < -0.39 is 5.97 Å². The molecule has 1 fully saturated rings. The molecule has 2 rings (SSSR count). The van der Waals surface area contributed by atoms with Gasteiger partial charge in [0.05, 0.1) is 12.1 Å². The Morgan fingerprint density at radius 2 is 1.85 bits per heavy atom. The third-order valence-electron chi connectivity index (χ3n) is 3.44. The number of likely N-dealkylation sites (N-methyl/N-ethyl adjacent to an activating group) is 1. The lowest BCUT2D eigenvalue weighted by molar-refractivity contribution is -0.119. The molecule has 0 radical (unpaired) electrons. The van der Waals surface area contributed by atoms with Crippen molar-refractivity contribution in [3.8, 4) is 0 Å². The summed E-state index contributed by atoms with van der Waals surface area (Å²) in [6.45, 7) is 3.95. The van der Waals surface area contributed by atoms with E-state index in [1.165, 1.54) is 12.1 Å². The predicted octanol–water partition coefficient (Wildman–Crippen LogP) is 0.253. The molecule has 6 heteroatoms. The lowest BCUT2D eigenvalue weighted by Gasteiger charge is -2.28. The molecular weight excluding hydrogens is 258 g/mol. The Balaban J connectivity index is 1.96. The maximum absolute atomic E-state index is 12.2. The molecule has 1 aliphatic heterocycles. The van der Waals surface area contributed by atoms with E-state index in [0.717, 1.165) is 26.2 Å². The zero-order valence-corrected chi connectivity index (χ0v) is 11.5. The van der Waals surface area contributed by atoms with Crippen molar-refractivity contribution in [2.24, 2.45) is 0 Å². The van der Waals surface area contributed by atoms with E-state index in [0.29, 0.717) is 12.2 Å². The fourth-order valence-corrected chi connectivity index (χ4v) is 2.14. The van der Waals surface area contributed by atoms with Gasteiger partial charge in [-0.2, -0.15) is 0 Å². The van der Waals surface area contributed by atoms with Crippen molar-refractivity contribution in [1.29, 1.82) is 0 Å². The van der Waals surface area contributed by atoms with Crippen LogP contribution in [0.1, 0.15) is 10.4 Å². The number of amides is 1. The number of anilines is 1. The van der Waals surface area contributed by atoms with Crippen LogP contribution < -0.4 is 10.2 Å². The Hall–Kier alpha value is -1.92. The summed E-state index contributed by atoms with van der Waals surface area (Å²) in [4.78, 5) is 26.6. The van der Waals surface area contributed by atoms with Gasteiger partial charge in [0.2, 0.25) is 5.91 Å². The Labute approximate surface area is 118 Å². The first kappa shape index (κ1) is 14.5. The highest BCUT2D eigenvalue weighted by molar-refractivity contribution is 5.95. The summed E-state index contributed by atoms with van der Waals surface area (Å²) in [5.41, 5.74) is 0.923. The molecule has 0 saturated carbocycles. The third kappa shape index (κ3) is 3.55. The Bertz CT molecular complexity index is 481. The monoisotopic (exact) mass is 277 g/mol. The van der Waals surface area contributed by atoms with Gasteiger partial charge in [-0.15, -0.1) is 0 Å². The van der Waals surface area contributed by atoms with E-state index in [1.807, 2.05) is 0 Å². The van der Waals surface area contributed by atoms with Crippen LogP contribution in [0.25, 0.3) is 0 Å². The first-order valence-corrected chi connectivity index (χ1v) is 6.61. The number of carbonyl (C=O) groups is 2. The van der Waals surface area contributed by atoms with Gasteiger partial charge in [0.25, 0.3) is 0 Å². The van der Waals surface area contributed by atoms with Crippen LogP contribution in [0.2, 0.25) is 0 Å². The summed E-state index contributed by atoms with van der Waals surface area (Å²) in [5, 5.41) is 12.1. The molecular formula is C14H19N3O3. The number of nitrogens with zero attached hydrogens (tertiary/aromatic N) is 2. The molecule has 1 saturated heterocycles. The predicted molar refractivity (Wildman–Crippen MR) is 76.1 cm³/mol. The molecule has 0 unspecified atom stereocenters. The van der Waals surface area contributed by atoms with Gasteiger partial charge < -0.3 is 15.3 Å². The van der Waals surface area contributed by atoms with E-state index in [9.17, 15) is 9.59 Å². The number of rotatable bonds is 4. The maximum Gasteiger partial charge on any atom is 0.335 e. The molecule has 0 spiro atoms. The van der Waals surface area contributed by atoms with Crippen LogP contribution in [0, 0.1) is 0 Å². The number of carboxylic acid groups (broad SMARTS) is 1. The second kappa shape index (κ2) is 6.49. The van der Waals surface area contributed by atoms with Gasteiger partial charge in [0, 0.05) is 38.9 Å². The molecule has 1 aliphatic rings. The van der Waals surface area contributed by atoms with Gasteiger partial charge in [-0.3, -0.25) is 9.69 Å². The third-order valence-corrected chi connectivity index (χ3v) is 3.44. The van der Waals surface area contributed by atoms with E-state index in [2.05, 4.69) is 10.2 Å². The summed E-state index contributed by atoms with van der Waals surface area (Å²) >= 11 is 0. The average molecular weight is 277 g/mol. The van der Waals surface area contributed by atoms with Gasteiger partial charge in [0.15, 0.2) is 0 Å². The number of aromatic carboxylic acids is 1. The fraction of sp³-hybridized carbons (Fsp3) is 0.429. The van der Waals surface area contributed by atoms with Crippen LogP contribution in [0.15, 0.2) is 24.3 Å². The van der Waals surface area contributed by atoms with Gasteiger partial charge >= 0.3 is 5.97 Å². The highest BCUT2D eigenvalue weighted by atomic mass is 16.4. The SMILES string of the molecule is CN(C(=O)CN1CCNCC1)c1ccc(C(=O)O)cc1. The van der Waals surface area contributed by atoms with Crippen molar-refractivity contribution >= 4 is 17.6 Å². The number of nitrogens with one attached hydrogen (secondary N) is 1. The number of hydrogen-bond donors (Lipinski definition) is 2. The first-order valence-electron chi connectivity index (χ1n) is 6.61. The summed E-state index contributed by atoms with van der Waals surface area (Å²) in [7, 11) is 1.71. The minimum Gasteiger partial charge on any atom is -0.478 e. The molecule has 1 heterocycles. The standard InChI is InChI=1S/C14H19N3O3/c1-16(12-4-2-11(3-5-12)14(19)20)13(18)10-17-8-6-15-7-9-17/h2-5,15H,6-10H2,1H3,(H,19,20). The molecule has 0 aromatic heterocycles. The van der Waals surface area contributed by atoms with Crippen molar-refractivity contribution in [2.45, 2.75) is 0 Å². The maximum atomic E-state index is 12.2. The number of benzene rings is 1. The van der Waals surface area contributed by atoms with E-state index >= 15 is 0 Å². The van der Waals surface area contributed by atoms with Crippen LogP contribution in [0.5, 0.6) is 0 Å².